The van der Waals surface area contributed by atoms with Crippen LogP contribution in [0.2, 0.25) is 0 Å². The highest BCUT2D eigenvalue weighted by atomic mass is 16.2. The van der Waals surface area contributed by atoms with Crippen LogP contribution in [0.25, 0.3) is 10.8 Å². The molecule has 1 aliphatic heterocycles. The molecule has 0 saturated carbocycles. The highest BCUT2D eigenvalue weighted by molar-refractivity contribution is 6.11. The number of carbonyl (C=O) groups is 1. The zero-order valence-corrected chi connectivity index (χ0v) is 18.2. The molecule has 1 atom stereocenters. The summed E-state index contributed by atoms with van der Waals surface area (Å²) in [5, 5.41) is 23.3. The molecule has 0 bridgehead atoms. The summed E-state index contributed by atoms with van der Waals surface area (Å²) >= 11 is 0. The molecule has 2 heterocycles. The summed E-state index contributed by atoms with van der Waals surface area (Å²) in [4.78, 5) is 14.5. The first-order valence-corrected chi connectivity index (χ1v) is 10.0. The van der Waals surface area contributed by atoms with Gasteiger partial charge in [0.1, 0.15) is 0 Å². The van der Waals surface area contributed by atoms with E-state index >= 15 is 0 Å². The van der Waals surface area contributed by atoms with E-state index < -0.39 is 5.41 Å². The number of carbonyl (C=O) groups excluding carboxylic acids is 1. The SMILES string of the molecule is Cc1c(C#N)cccc1C(C)Nc1nncc2c(C)c3c(cc12)N(C)C(=O)C3(C)C. The molecule has 1 amide bonds. The summed E-state index contributed by atoms with van der Waals surface area (Å²) in [6.07, 6.45) is 1.77. The quantitative estimate of drug-likeness (QED) is 0.699. The van der Waals surface area contributed by atoms with Crippen LogP contribution in [0, 0.1) is 25.2 Å². The largest absolute Gasteiger partial charge is 0.362 e. The average molecular weight is 399 g/mol. The Morgan fingerprint density at radius 2 is 1.93 bits per heavy atom. The van der Waals surface area contributed by atoms with Gasteiger partial charge >= 0.3 is 0 Å². The molecule has 6 nitrogen and oxygen atoms in total. The normalized spacial score (nSPS) is 15.8. The maximum Gasteiger partial charge on any atom is 0.236 e. The number of fused-ring (bicyclic) bond motifs is 2. The number of hydrogen-bond donors (Lipinski definition) is 1. The van der Waals surface area contributed by atoms with Crippen LogP contribution in [0.4, 0.5) is 11.5 Å². The molecular formula is C24H25N5O. The maximum absolute atomic E-state index is 12.8. The third kappa shape index (κ3) is 2.73. The highest BCUT2D eigenvalue weighted by Gasteiger charge is 2.44. The van der Waals surface area contributed by atoms with Crippen molar-refractivity contribution in [3.8, 4) is 6.07 Å². The fourth-order valence-corrected chi connectivity index (χ4v) is 4.70. The first kappa shape index (κ1) is 19.8. The van der Waals surface area contributed by atoms with E-state index in [1.165, 1.54) is 0 Å². The molecule has 3 aromatic rings. The lowest BCUT2D eigenvalue weighted by molar-refractivity contribution is -0.121. The summed E-state index contributed by atoms with van der Waals surface area (Å²) in [6.45, 7) is 9.99. The summed E-state index contributed by atoms with van der Waals surface area (Å²) in [7, 11) is 1.82. The van der Waals surface area contributed by atoms with Crippen LogP contribution in [-0.4, -0.2) is 23.2 Å². The van der Waals surface area contributed by atoms with Crippen LogP contribution in [0.1, 0.15) is 54.6 Å². The lowest BCUT2D eigenvalue weighted by Crippen LogP contribution is -2.33. The van der Waals surface area contributed by atoms with Crippen molar-refractivity contribution in [2.45, 2.75) is 46.1 Å². The Balaban J connectivity index is 1.84. The molecule has 0 saturated heterocycles. The number of aromatic nitrogens is 2. The molecule has 0 spiro atoms. The van der Waals surface area contributed by atoms with Gasteiger partial charge in [0, 0.05) is 23.5 Å². The van der Waals surface area contributed by atoms with Gasteiger partial charge in [-0.3, -0.25) is 4.79 Å². The number of nitrogens with one attached hydrogen (secondary N) is 1. The number of nitrogens with zero attached hydrogens (tertiary/aromatic N) is 4. The number of anilines is 2. The Hall–Kier alpha value is -3.46. The molecule has 2 aromatic carbocycles. The van der Waals surface area contributed by atoms with Gasteiger partial charge in [-0.25, -0.2) is 0 Å². The molecule has 152 valence electrons. The van der Waals surface area contributed by atoms with Crippen LogP contribution in [0.5, 0.6) is 0 Å². The Kier molecular flexibility index (Phi) is 4.50. The molecule has 6 heteroatoms. The molecule has 4 rings (SSSR count). The highest BCUT2D eigenvalue weighted by Crippen LogP contribution is 2.46. The van der Waals surface area contributed by atoms with E-state index in [0.29, 0.717) is 11.4 Å². The molecule has 1 aliphatic rings. The van der Waals surface area contributed by atoms with Crippen molar-refractivity contribution in [1.82, 2.24) is 10.2 Å². The van der Waals surface area contributed by atoms with Gasteiger partial charge in [-0.05, 0) is 69.0 Å². The second kappa shape index (κ2) is 6.81. The summed E-state index contributed by atoms with van der Waals surface area (Å²) in [5.74, 6) is 0.752. The van der Waals surface area contributed by atoms with Gasteiger partial charge in [-0.2, -0.15) is 10.4 Å². The molecule has 1 unspecified atom stereocenters. The number of aryl methyl sites for hydroxylation is 1. The maximum atomic E-state index is 12.8. The van der Waals surface area contributed by atoms with Gasteiger partial charge < -0.3 is 10.2 Å². The van der Waals surface area contributed by atoms with Gasteiger partial charge in [0.05, 0.1) is 29.3 Å². The molecule has 30 heavy (non-hydrogen) atoms. The first-order valence-electron chi connectivity index (χ1n) is 10.0. The Labute approximate surface area is 176 Å². The van der Waals surface area contributed by atoms with Crippen molar-refractivity contribution in [3.05, 3.63) is 58.3 Å². The number of amides is 1. The lowest BCUT2D eigenvalue weighted by Gasteiger charge is -2.21. The van der Waals surface area contributed by atoms with Crippen LogP contribution < -0.4 is 10.2 Å². The minimum atomic E-state index is -0.568. The van der Waals surface area contributed by atoms with E-state index in [1.54, 1.807) is 11.1 Å². The number of hydrogen-bond acceptors (Lipinski definition) is 5. The molecule has 1 N–H and O–H groups in total. The van der Waals surface area contributed by atoms with E-state index in [4.69, 9.17) is 0 Å². The van der Waals surface area contributed by atoms with E-state index in [1.807, 2.05) is 65.9 Å². The molecule has 0 aliphatic carbocycles. The minimum absolute atomic E-state index is 0.0671. The van der Waals surface area contributed by atoms with E-state index in [2.05, 4.69) is 21.6 Å². The van der Waals surface area contributed by atoms with Crippen molar-refractivity contribution in [2.75, 3.05) is 17.3 Å². The van der Waals surface area contributed by atoms with E-state index in [0.717, 1.165) is 38.7 Å². The van der Waals surface area contributed by atoms with Crippen LogP contribution in [0.15, 0.2) is 30.5 Å². The third-order valence-electron chi connectivity index (χ3n) is 6.35. The monoisotopic (exact) mass is 399 g/mol. The average Bonchev–Trinajstić information content (AvgIpc) is 2.89. The van der Waals surface area contributed by atoms with Crippen molar-refractivity contribution >= 4 is 28.2 Å². The first-order chi connectivity index (χ1) is 14.2. The van der Waals surface area contributed by atoms with Crippen molar-refractivity contribution in [3.63, 3.8) is 0 Å². The third-order valence-corrected chi connectivity index (χ3v) is 6.35. The fraction of sp³-hybridized carbons (Fsp3) is 0.333. The van der Waals surface area contributed by atoms with Gasteiger partial charge in [0.25, 0.3) is 0 Å². The van der Waals surface area contributed by atoms with Gasteiger partial charge in [0.15, 0.2) is 5.82 Å². The topological polar surface area (TPSA) is 81.9 Å². The summed E-state index contributed by atoms with van der Waals surface area (Å²) in [5.41, 5.74) is 5.12. The molecule has 0 radical (unpaired) electrons. The summed E-state index contributed by atoms with van der Waals surface area (Å²) < 4.78 is 0. The number of nitriles is 1. The standard InChI is InChI=1S/C24H25N5O/c1-13-16(11-25)8-7-9-17(13)15(3)27-22-18-10-20-21(14(2)19(18)12-26-28-22)24(4,5)23(30)29(20)6/h7-10,12,15H,1-6H3,(H,27,28). The van der Waals surface area contributed by atoms with Gasteiger partial charge in [-0.1, -0.05) is 12.1 Å². The second-order valence-corrected chi connectivity index (χ2v) is 8.54. The van der Waals surface area contributed by atoms with Crippen LogP contribution in [0.3, 0.4) is 0 Å². The summed E-state index contributed by atoms with van der Waals surface area (Å²) in [6, 6.07) is 9.95. The lowest BCUT2D eigenvalue weighted by atomic mass is 9.82. The number of benzene rings is 2. The Bertz CT molecular complexity index is 1240. The number of likely N-dealkylation sites (N-methyl/N-ethyl adjacent to an activating group) is 1. The van der Waals surface area contributed by atoms with Crippen molar-refractivity contribution in [1.29, 1.82) is 5.26 Å². The molecule has 1 aromatic heterocycles. The van der Waals surface area contributed by atoms with Gasteiger partial charge in [0.2, 0.25) is 5.91 Å². The molecular weight excluding hydrogens is 374 g/mol. The van der Waals surface area contributed by atoms with Gasteiger partial charge in [-0.15, -0.1) is 5.10 Å². The molecule has 0 fully saturated rings. The van der Waals surface area contributed by atoms with Crippen LogP contribution in [-0.2, 0) is 10.2 Å². The Morgan fingerprint density at radius 1 is 1.20 bits per heavy atom. The van der Waals surface area contributed by atoms with E-state index in [-0.39, 0.29) is 11.9 Å². The smallest absolute Gasteiger partial charge is 0.236 e. The predicted molar refractivity (Wildman–Crippen MR) is 119 cm³/mol. The minimum Gasteiger partial charge on any atom is -0.362 e. The van der Waals surface area contributed by atoms with E-state index in [9.17, 15) is 10.1 Å². The number of rotatable bonds is 3. The fourth-order valence-electron chi connectivity index (χ4n) is 4.70. The zero-order chi connectivity index (χ0) is 21.8. The van der Waals surface area contributed by atoms with Crippen molar-refractivity contribution < 1.29 is 4.79 Å². The Morgan fingerprint density at radius 3 is 2.63 bits per heavy atom. The van der Waals surface area contributed by atoms with Crippen molar-refractivity contribution in [2.24, 2.45) is 0 Å². The zero-order valence-electron chi connectivity index (χ0n) is 18.2. The predicted octanol–water partition coefficient (Wildman–Crippen LogP) is 4.55. The van der Waals surface area contributed by atoms with Crippen LogP contribution >= 0.6 is 0 Å². The second-order valence-electron chi connectivity index (χ2n) is 8.54.